The molecular weight excluding hydrogens is 295 g/mol. The zero-order valence-corrected chi connectivity index (χ0v) is 11.8. The number of rotatable bonds is 6. The fourth-order valence-corrected chi connectivity index (χ4v) is 1.87. The molecule has 0 heterocycles. The molecule has 22 heavy (non-hydrogen) atoms. The molecule has 0 aliphatic carbocycles. The van der Waals surface area contributed by atoms with Crippen LogP contribution in [0.25, 0.3) is 0 Å². The maximum atomic E-state index is 12.9. The summed E-state index contributed by atoms with van der Waals surface area (Å²) in [5.74, 6) is -0.245. The zero-order chi connectivity index (χ0) is 16.0. The van der Waals surface area contributed by atoms with Crippen molar-refractivity contribution in [3.05, 3.63) is 59.7 Å². The lowest BCUT2D eigenvalue weighted by Crippen LogP contribution is -2.12. The molecule has 2 N–H and O–H groups in total. The van der Waals surface area contributed by atoms with Gasteiger partial charge in [0.25, 0.3) is 0 Å². The van der Waals surface area contributed by atoms with Gasteiger partial charge >= 0.3 is 6.18 Å². The van der Waals surface area contributed by atoms with Gasteiger partial charge in [0.2, 0.25) is 0 Å². The summed E-state index contributed by atoms with van der Waals surface area (Å²) in [5, 5.41) is 0. The van der Waals surface area contributed by atoms with Gasteiger partial charge in [-0.05, 0) is 23.8 Å². The highest BCUT2D eigenvalue weighted by Crippen LogP contribution is 2.37. The van der Waals surface area contributed by atoms with Crippen LogP contribution in [0.3, 0.4) is 0 Å². The van der Waals surface area contributed by atoms with Crippen LogP contribution in [0.15, 0.2) is 48.5 Å². The molecule has 0 aromatic heterocycles. The predicted molar refractivity (Wildman–Crippen MR) is 77.4 cm³/mol. The van der Waals surface area contributed by atoms with Crippen molar-refractivity contribution in [2.45, 2.75) is 12.8 Å². The van der Waals surface area contributed by atoms with E-state index in [1.807, 2.05) is 30.3 Å². The van der Waals surface area contributed by atoms with Gasteiger partial charge in [-0.15, -0.1) is 0 Å². The quantitative estimate of drug-likeness (QED) is 0.650. The largest absolute Gasteiger partial charge is 0.491 e. The van der Waals surface area contributed by atoms with E-state index in [4.69, 9.17) is 15.2 Å². The molecule has 6 heteroatoms. The third-order valence-corrected chi connectivity index (χ3v) is 2.91. The van der Waals surface area contributed by atoms with Crippen molar-refractivity contribution >= 4 is 5.69 Å². The molecule has 0 amide bonds. The van der Waals surface area contributed by atoms with Crippen LogP contribution in [0.5, 0.6) is 5.75 Å². The van der Waals surface area contributed by atoms with E-state index in [1.54, 1.807) is 0 Å². The topological polar surface area (TPSA) is 44.5 Å². The molecule has 0 aliphatic rings. The Labute approximate surface area is 126 Å². The van der Waals surface area contributed by atoms with Crippen molar-refractivity contribution in [1.82, 2.24) is 0 Å². The summed E-state index contributed by atoms with van der Waals surface area (Å²) in [7, 11) is 0. The maximum absolute atomic E-state index is 12.9. The Balaban J connectivity index is 1.84. The third-order valence-electron chi connectivity index (χ3n) is 2.91. The van der Waals surface area contributed by atoms with E-state index in [-0.39, 0.29) is 24.7 Å². The zero-order valence-electron chi connectivity index (χ0n) is 11.8. The van der Waals surface area contributed by atoms with E-state index in [2.05, 4.69) is 0 Å². The molecule has 0 aliphatic heterocycles. The second-order valence-electron chi connectivity index (χ2n) is 4.64. The summed E-state index contributed by atoms with van der Waals surface area (Å²) in [6, 6.07) is 12.9. The van der Waals surface area contributed by atoms with Crippen molar-refractivity contribution in [2.75, 3.05) is 18.9 Å². The van der Waals surface area contributed by atoms with Crippen molar-refractivity contribution in [1.29, 1.82) is 0 Å². The standard InChI is InChI=1S/C16H16F3NO2/c17-16(18,19)14-10-13(20)6-7-15(14)22-9-8-21-11-12-4-2-1-3-5-12/h1-7,10H,8-9,11,20H2. The lowest BCUT2D eigenvalue weighted by atomic mass is 10.1. The van der Waals surface area contributed by atoms with E-state index in [1.165, 1.54) is 12.1 Å². The van der Waals surface area contributed by atoms with E-state index < -0.39 is 11.7 Å². The normalized spacial score (nSPS) is 11.4. The van der Waals surface area contributed by atoms with Gasteiger partial charge in [0.1, 0.15) is 12.4 Å². The van der Waals surface area contributed by atoms with Crippen molar-refractivity contribution in [2.24, 2.45) is 0 Å². The number of nitrogen functional groups attached to an aromatic ring is 1. The Morgan fingerprint density at radius 1 is 0.955 bits per heavy atom. The van der Waals surface area contributed by atoms with Gasteiger partial charge in [-0.1, -0.05) is 30.3 Å². The summed E-state index contributed by atoms with van der Waals surface area (Å²) >= 11 is 0. The summed E-state index contributed by atoms with van der Waals surface area (Å²) in [5.41, 5.74) is 5.54. The molecule has 0 atom stereocenters. The molecule has 0 bridgehead atoms. The molecule has 0 spiro atoms. The van der Waals surface area contributed by atoms with Crippen LogP contribution >= 0.6 is 0 Å². The molecule has 0 fully saturated rings. The van der Waals surface area contributed by atoms with E-state index in [0.29, 0.717) is 6.61 Å². The van der Waals surface area contributed by atoms with Crippen LogP contribution in [-0.2, 0) is 17.5 Å². The highest BCUT2D eigenvalue weighted by molar-refractivity contribution is 5.49. The van der Waals surface area contributed by atoms with Crippen molar-refractivity contribution in [3.8, 4) is 5.75 Å². The molecule has 0 saturated heterocycles. The number of benzene rings is 2. The van der Waals surface area contributed by atoms with Crippen LogP contribution in [-0.4, -0.2) is 13.2 Å². The summed E-state index contributed by atoms with van der Waals surface area (Å²) < 4.78 is 49.1. The Morgan fingerprint density at radius 2 is 1.68 bits per heavy atom. The Morgan fingerprint density at radius 3 is 2.36 bits per heavy atom. The molecule has 0 radical (unpaired) electrons. The molecule has 2 aromatic carbocycles. The van der Waals surface area contributed by atoms with Gasteiger partial charge in [0.05, 0.1) is 18.8 Å². The number of alkyl halides is 3. The van der Waals surface area contributed by atoms with Gasteiger partial charge < -0.3 is 15.2 Å². The van der Waals surface area contributed by atoms with Gasteiger partial charge in [0, 0.05) is 5.69 Å². The van der Waals surface area contributed by atoms with Gasteiger partial charge in [-0.25, -0.2) is 0 Å². The molecule has 118 valence electrons. The minimum absolute atomic E-state index is 0.0276. The van der Waals surface area contributed by atoms with Crippen LogP contribution in [0.1, 0.15) is 11.1 Å². The number of hydrogen-bond acceptors (Lipinski definition) is 3. The lowest BCUT2D eigenvalue weighted by molar-refractivity contribution is -0.139. The fraction of sp³-hybridized carbons (Fsp3) is 0.250. The first-order chi connectivity index (χ1) is 10.5. The number of anilines is 1. The first-order valence-electron chi connectivity index (χ1n) is 6.68. The molecule has 2 aromatic rings. The molecule has 3 nitrogen and oxygen atoms in total. The average Bonchev–Trinajstić information content (AvgIpc) is 2.48. The molecule has 0 unspecified atom stereocenters. The highest BCUT2D eigenvalue weighted by Gasteiger charge is 2.34. The highest BCUT2D eigenvalue weighted by atomic mass is 19.4. The first-order valence-corrected chi connectivity index (χ1v) is 6.68. The predicted octanol–water partition coefficient (Wildman–Crippen LogP) is 3.88. The Bertz CT molecular complexity index is 600. The van der Waals surface area contributed by atoms with Crippen LogP contribution in [0, 0.1) is 0 Å². The maximum Gasteiger partial charge on any atom is 0.420 e. The minimum Gasteiger partial charge on any atom is -0.491 e. The Hall–Kier alpha value is -2.21. The molecule has 2 rings (SSSR count). The van der Waals surface area contributed by atoms with Crippen molar-refractivity contribution < 1.29 is 22.6 Å². The van der Waals surface area contributed by atoms with E-state index in [0.717, 1.165) is 11.6 Å². The third kappa shape index (κ3) is 4.66. The van der Waals surface area contributed by atoms with Crippen molar-refractivity contribution in [3.63, 3.8) is 0 Å². The van der Waals surface area contributed by atoms with Gasteiger partial charge in [-0.2, -0.15) is 13.2 Å². The number of hydrogen-bond donors (Lipinski definition) is 1. The van der Waals surface area contributed by atoms with Crippen LogP contribution < -0.4 is 10.5 Å². The average molecular weight is 311 g/mol. The smallest absolute Gasteiger partial charge is 0.420 e. The molecular formula is C16H16F3NO2. The monoisotopic (exact) mass is 311 g/mol. The lowest BCUT2D eigenvalue weighted by Gasteiger charge is -2.14. The second kappa shape index (κ2) is 7.17. The van der Waals surface area contributed by atoms with E-state index >= 15 is 0 Å². The second-order valence-corrected chi connectivity index (χ2v) is 4.64. The van der Waals surface area contributed by atoms with Gasteiger partial charge in [0.15, 0.2) is 0 Å². The fourth-order valence-electron chi connectivity index (χ4n) is 1.87. The van der Waals surface area contributed by atoms with Crippen LogP contribution in [0.4, 0.5) is 18.9 Å². The number of nitrogens with two attached hydrogens (primary N) is 1. The summed E-state index contributed by atoms with van der Waals surface area (Å²) in [6.07, 6.45) is -4.50. The van der Waals surface area contributed by atoms with E-state index in [9.17, 15) is 13.2 Å². The Kier molecular flexibility index (Phi) is 5.27. The summed E-state index contributed by atoms with van der Waals surface area (Å²) in [6.45, 7) is 0.606. The summed E-state index contributed by atoms with van der Waals surface area (Å²) in [4.78, 5) is 0. The van der Waals surface area contributed by atoms with Gasteiger partial charge in [-0.3, -0.25) is 0 Å². The molecule has 0 saturated carbocycles. The SMILES string of the molecule is Nc1ccc(OCCOCc2ccccc2)c(C(F)(F)F)c1. The number of ether oxygens (including phenoxy) is 2. The van der Waals surface area contributed by atoms with Crippen LogP contribution in [0.2, 0.25) is 0 Å². The first kappa shape index (κ1) is 16.2. The minimum atomic E-state index is -4.50. The number of halogens is 3.